The zero-order chi connectivity index (χ0) is 14.1. The van der Waals surface area contributed by atoms with E-state index in [2.05, 4.69) is 60.7 Å². The molecule has 2 N–H and O–H groups in total. The second-order valence-electron chi connectivity index (χ2n) is 5.19. The minimum Gasteiger partial charge on any atom is -0.356 e. The van der Waals surface area contributed by atoms with Gasteiger partial charge in [-0.15, -0.1) is 24.0 Å². The van der Waals surface area contributed by atoms with Gasteiger partial charge >= 0.3 is 0 Å². The normalized spacial score (nSPS) is 11.2. The third kappa shape index (κ3) is 7.72. The minimum absolute atomic E-state index is 0. The molecular formula is C16H28IN3. The molecule has 0 atom stereocenters. The highest BCUT2D eigenvalue weighted by Crippen LogP contribution is 2.05. The Bertz CT molecular complexity index is 385. The van der Waals surface area contributed by atoms with Crippen molar-refractivity contribution in [2.45, 2.75) is 33.6 Å². The molecule has 0 aliphatic heterocycles. The number of hydrogen-bond acceptors (Lipinski definition) is 1. The summed E-state index contributed by atoms with van der Waals surface area (Å²) in [5.74, 6) is 1.51. The van der Waals surface area contributed by atoms with Gasteiger partial charge in [-0.1, -0.05) is 45.0 Å². The summed E-state index contributed by atoms with van der Waals surface area (Å²) in [6, 6.07) is 8.85. The molecule has 0 amide bonds. The SMILES string of the molecule is CCc1ccc(CCNC(=NC)NCC(C)C)cc1.I. The number of hydrogen-bond donors (Lipinski definition) is 2. The Kier molecular flexibility index (Phi) is 10.5. The number of aryl methyl sites for hydroxylation is 1. The molecular weight excluding hydrogens is 361 g/mol. The van der Waals surface area contributed by atoms with E-state index in [0.29, 0.717) is 5.92 Å². The summed E-state index contributed by atoms with van der Waals surface area (Å²) in [6.07, 6.45) is 2.12. The zero-order valence-corrected chi connectivity index (χ0v) is 15.4. The van der Waals surface area contributed by atoms with Crippen LogP contribution >= 0.6 is 24.0 Å². The van der Waals surface area contributed by atoms with Crippen LogP contribution in [0.25, 0.3) is 0 Å². The topological polar surface area (TPSA) is 36.4 Å². The van der Waals surface area contributed by atoms with Gasteiger partial charge < -0.3 is 10.6 Å². The van der Waals surface area contributed by atoms with Gasteiger partial charge in [0, 0.05) is 20.1 Å². The molecule has 0 saturated heterocycles. The van der Waals surface area contributed by atoms with Crippen molar-refractivity contribution in [3.8, 4) is 0 Å². The summed E-state index contributed by atoms with van der Waals surface area (Å²) in [4.78, 5) is 4.21. The molecule has 1 rings (SSSR count). The lowest BCUT2D eigenvalue weighted by atomic mass is 10.1. The van der Waals surface area contributed by atoms with Gasteiger partial charge in [0.2, 0.25) is 0 Å². The van der Waals surface area contributed by atoms with Crippen LogP contribution in [-0.4, -0.2) is 26.1 Å². The highest BCUT2D eigenvalue weighted by atomic mass is 127. The molecule has 0 unspecified atom stereocenters. The van der Waals surface area contributed by atoms with Gasteiger partial charge in [-0.2, -0.15) is 0 Å². The Hall–Kier alpha value is -0.780. The Morgan fingerprint density at radius 2 is 1.70 bits per heavy atom. The minimum atomic E-state index is 0. The smallest absolute Gasteiger partial charge is 0.190 e. The quantitative estimate of drug-likeness (QED) is 0.445. The molecule has 0 fully saturated rings. The first-order valence-corrected chi connectivity index (χ1v) is 7.18. The van der Waals surface area contributed by atoms with Crippen LogP contribution in [0.3, 0.4) is 0 Å². The van der Waals surface area contributed by atoms with Gasteiger partial charge in [-0.25, -0.2) is 0 Å². The standard InChI is InChI=1S/C16H27N3.HI/c1-5-14-6-8-15(9-7-14)10-11-18-16(17-4)19-12-13(2)3;/h6-9,13H,5,10-12H2,1-4H3,(H2,17,18,19);1H. The highest BCUT2D eigenvalue weighted by molar-refractivity contribution is 14.0. The van der Waals surface area contributed by atoms with Crippen molar-refractivity contribution in [3.05, 3.63) is 35.4 Å². The van der Waals surface area contributed by atoms with E-state index in [4.69, 9.17) is 0 Å². The second kappa shape index (κ2) is 10.9. The average Bonchev–Trinajstić information content (AvgIpc) is 2.43. The lowest BCUT2D eigenvalue weighted by Crippen LogP contribution is -2.39. The van der Waals surface area contributed by atoms with Crippen molar-refractivity contribution in [3.63, 3.8) is 0 Å². The fraction of sp³-hybridized carbons (Fsp3) is 0.562. The van der Waals surface area contributed by atoms with Crippen molar-refractivity contribution in [2.24, 2.45) is 10.9 Å². The first-order valence-electron chi connectivity index (χ1n) is 7.18. The molecule has 0 saturated carbocycles. The molecule has 0 heterocycles. The number of halogens is 1. The van der Waals surface area contributed by atoms with Gasteiger partial charge in [0.25, 0.3) is 0 Å². The maximum atomic E-state index is 4.21. The van der Waals surface area contributed by atoms with E-state index in [1.165, 1.54) is 11.1 Å². The molecule has 0 bridgehead atoms. The van der Waals surface area contributed by atoms with Crippen molar-refractivity contribution in [1.29, 1.82) is 0 Å². The molecule has 0 spiro atoms. The average molecular weight is 389 g/mol. The molecule has 0 aromatic heterocycles. The molecule has 0 aliphatic rings. The van der Waals surface area contributed by atoms with Crippen molar-refractivity contribution >= 4 is 29.9 Å². The summed E-state index contributed by atoms with van der Waals surface area (Å²) in [7, 11) is 1.81. The lowest BCUT2D eigenvalue weighted by molar-refractivity contribution is 0.614. The first kappa shape index (κ1) is 19.2. The Morgan fingerprint density at radius 1 is 1.10 bits per heavy atom. The van der Waals surface area contributed by atoms with Crippen LogP contribution in [0.1, 0.15) is 31.9 Å². The van der Waals surface area contributed by atoms with Crippen LogP contribution in [-0.2, 0) is 12.8 Å². The van der Waals surface area contributed by atoms with Crippen molar-refractivity contribution in [2.75, 3.05) is 20.1 Å². The molecule has 1 aromatic rings. The third-order valence-electron chi connectivity index (χ3n) is 3.04. The van der Waals surface area contributed by atoms with E-state index in [0.717, 1.165) is 31.9 Å². The Balaban J connectivity index is 0.00000361. The number of rotatable bonds is 6. The summed E-state index contributed by atoms with van der Waals surface area (Å²) in [6.45, 7) is 8.42. The van der Waals surface area contributed by atoms with Crippen LogP contribution < -0.4 is 10.6 Å². The van der Waals surface area contributed by atoms with Gasteiger partial charge in [0.15, 0.2) is 5.96 Å². The zero-order valence-electron chi connectivity index (χ0n) is 13.1. The molecule has 0 aliphatic carbocycles. The van der Waals surface area contributed by atoms with Crippen LogP contribution in [0.4, 0.5) is 0 Å². The summed E-state index contributed by atoms with van der Waals surface area (Å²) < 4.78 is 0. The summed E-state index contributed by atoms with van der Waals surface area (Å²) >= 11 is 0. The Labute approximate surface area is 140 Å². The fourth-order valence-corrected chi connectivity index (χ4v) is 1.79. The van der Waals surface area contributed by atoms with Gasteiger partial charge in [-0.05, 0) is 29.9 Å². The number of nitrogens with one attached hydrogen (secondary N) is 2. The number of benzene rings is 1. The van der Waals surface area contributed by atoms with Crippen LogP contribution in [0.5, 0.6) is 0 Å². The molecule has 1 aromatic carbocycles. The molecule has 20 heavy (non-hydrogen) atoms. The van der Waals surface area contributed by atoms with Crippen molar-refractivity contribution in [1.82, 2.24) is 10.6 Å². The second-order valence-corrected chi connectivity index (χ2v) is 5.19. The predicted molar refractivity (Wildman–Crippen MR) is 99.1 cm³/mol. The molecule has 3 nitrogen and oxygen atoms in total. The summed E-state index contributed by atoms with van der Waals surface area (Å²) in [5.41, 5.74) is 2.76. The van der Waals surface area contributed by atoms with E-state index < -0.39 is 0 Å². The van der Waals surface area contributed by atoms with Crippen molar-refractivity contribution < 1.29 is 0 Å². The molecule has 114 valence electrons. The monoisotopic (exact) mass is 389 g/mol. The van der Waals surface area contributed by atoms with Crippen LogP contribution in [0.2, 0.25) is 0 Å². The summed E-state index contributed by atoms with van der Waals surface area (Å²) in [5, 5.41) is 6.65. The van der Waals surface area contributed by atoms with Crippen LogP contribution in [0.15, 0.2) is 29.3 Å². The van der Waals surface area contributed by atoms with E-state index in [1.807, 2.05) is 7.05 Å². The molecule has 0 radical (unpaired) electrons. The largest absolute Gasteiger partial charge is 0.356 e. The van der Waals surface area contributed by atoms with Gasteiger partial charge in [0.1, 0.15) is 0 Å². The van der Waals surface area contributed by atoms with E-state index in [-0.39, 0.29) is 24.0 Å². The Morgan fingerprint density at radius 3 is 2.20 bits per heavy atom. The fourth-order valence-electron chi connectivity index (χ4n) is 1.79. The maximum absolute atomic E-state index is 4.21. The third-order valence-corrected chi connectivity index (χ3v) is 3.04. The predicted octanol–water partition coefficient (Wildman–Crippen LogP) is 3.23. The molecule has 4 heteroatoms. The number of guanidine groups is 1. The first-order chi connectivity index (χ1) is 9.15. The number of aliphatic imine (C=N–C) groups is 1. The lowest BCUT2D eigenvalue weighted by Gasteiger charge is -2.13. The van der Waals surface area contributed by atoms with Gasteiger partial charge in [-0.3, -0.25) is 4.99 Å². The van der Waals surface area contributed by atoms with Gasteiger partial charge in [0.05, 0.1) is 0 Å². The maximum Gasteiger partial charge on any atom is 0.190 e. The van der Waals surface area contributed by atoms with Crippen LogP contribution in [0, 0.1) is 5.92 Å². The number of nitrogens with zero attached hydrogens (tertiary/aromatic N) is 1. The van der Waals surface area contributed by atoms with E-state index in [9.17, 15) is 0 Å². The van der Waals surface area contributed by atoms with E-state index >= 15 is 0 Å². The van der Waals surface area contributed by atoms with E-state index in [1.54, 1.807) is 0 Å². The highest BCUT2D eigenvalue weighted by Gasteiger charge is 1.99.